The number of amides is 1. The van der Waals surface area contributed by atoms with E-state index < -0.39 is 0 Å². The first kappa shape index (κ1) is 13.1. The number of benzene rings is 1. The minimum Gasteiger partial charge on any atom is -0.334 e. The summed E-state index contributed by atoms with van der Waals surface area (Å²) < 4.78 is 0. The van der Waals surface area contributed by atoms with Crippen molar-refractivity contribution in [3.05, 3.63) is 35.9 Å². The molecule has 2 unspecified atom stereocenters. The highest BCUT2D eigenvalue weighted by atomic mass is 16.2. The van der Waals surface area contributed by atoms with E-state index in [-0.39, 0.29) is 11.9 Å². The lowest BCUT2D eigenvalue weighted by Crippen LogP contribution is -2.46. The van der Waals surface area contributed by atoms with Crippen molar-refractivity contribution in [1.82, 2.24) is 10.2 Å². The number of hydrogen-bond acceptors (Lipinski definition) is 2. The highest BCUT2D eigenvalue weighted by molar-refractivity contribution is 5.82. The molecule has 98 valence electrons. The molecule has 1 aromatic rings. The van der Waals surface area contributed by atoms with E-state index in [2.05, 4.69) is 24.4 Å². The normalized spacial score (nSPS) is 25.0. The predicted octanol–water partition coefficient (Wildman–Crippen LogP) is 2.18. The molecule has 1 amide bonds. The Morgan fingerprint density at radius 3 is 2.67 bits per heavy atom. The summed E-state index contributed by atoms with van der Waals surface area (Å²) in [4.78, 5) is 14.5. The van der Waals surface area contributed by atoms with Crippen LogP contribution >= 0.6 is 0 Å². The SMILES string of the molecule is CNC1CCCC(C)N(Cc2ccccc2)C1=O. The molecule has 0 spiro atoms. The highest BCUT2D eigenvalue weighted by Gasteiger charge is 2.29. The van der Waals surface area contributed by atoms with Crippen molar-refractivity contribution in [2.24, 2.45) is 0 Å². The quantitative estimate of drug-likeness (QED) is 0.886. The molecule has 1 heterocycles. The van der Waals surface area contributed by atoms with Gasteiger partial charge in [0.25, 0.3) is 0 Å². The number of likely N-dealkylation sites (N-methyl/N-ethyl adjacent to an activating group) is 1. The number of rotatable bonds is 3. The molecule has 0 saturated carbocycles. The standard InChI is InChI=1S/C15H22N2O/c1-12-7-6-10-14(16-2)15(18)17(12)11-13-8-4-3-5-9-13/h3-5,8-9,12,14,16H,6-7,10-11H2,1-2H3. The van der Waals surface area contributed by atoms with Gasteiger partial charge in [0, 0.05) is 12.6 Å². The lowest BCUT2D eigenvalue weighted by Gasteiger charge is -2.29. The zero-order valence-corrected chi connectivity index (χ0v) is 11.2. The summed E-state index contributed by atoms with van der Waals surface area (Å²) in [5.41, 5.74) is 1.20. The van der Waals surface area contributed by atoms with E-state index in [0.29, 0.717) is 6.04 Å². The molecule has 1 aliphatic heterocycles. The van der Waals surface area contributed by atoms with E-state index >= 15 is 0 Å². The van der Waals surface area contributed by atoms with E-state index in [4.69, 9.17) is 0 Å². The van der Waals surface area contributed by atoms with Gasteiger partial charge in [0.1, 0.15) is 0 Å². The number of carbonyl (C=O) groups excluding carboxylic acids is 1. The lowest BCUT2D eigenvalue weighted by molar-refractivity contribution is -0.135. The minimum atomic E-state index is -0.0151. The first-order chi connectivity index (χ1) is 8.72. The third-order valence-electron chi connectivity index (χ3n) is 3.77. The maximum atomic E-state index is 12.5. The Hall–Kier alpha value is -1.35. The lowest BCUT2D eigenvalue weighted by atomic mass is 10.1. The van der Waals surface area contributed by atoms with Crippen LogP contribution in [0.4, 0.5) is 0 Å². The van der Waals surface area contributed by atoms with Crippen molar-refractivity contribution >= 4 is 5.91 Å². The fraction of sp³-hybridized carbons (Fsp3) is 0.533. The molecule has 0 aromatic heterocycles. The number of likely N-dealkylation sites (tertiary alicyclic amines) is 1. The Balaban J connectivity index is 2.14. The Morgan fingerprint density at radius 2 is 2.00 bits per heavy atom. The first-order valence-electron chi connectivity index (χ1n) is 6.74. The number of nitrogens with zero attached hydrogens (tertiary/aromatic N) is 1. The third kappa shape index (κ3) is 2.91. The molecule has 1 fully saturated rings. The van der Waals surface area contributed by atoms with Gasteiger partial charge in [-0.05, 0) is 38.8 Å². The van der Waals surface area contributed by atoms with Gasteiger partial charge in [0.05, 0.1) is 6.04 Å². The molecule has 1 saturated heterocycles. The molecule has 1 aromatic carbocycles. The molecule has 3 nitrogen and oxygen atoms in total. The van der Waals surface area contributed by atoms with Crippen LogP contribution in [0.15, 0.2) is 30.3 Å². The molecular formula is C15H22N2O. The maximum absolute atomic E-state index is 12.5. The molecule has 0 radical (unpaired) electrons. The van der Waals surface area contributed by atoms with E-state index in [1.807, 2.05) is 30.1 Å². The highest BCUT2D eigenvalue weighted by Crippen LogP contribution is 2.20. The van der Waals surface area contributed by atoms with Crippen LogP contribution in [0.1, 0.15) is 31.7 Å². The Morgan fingerprint density at radius 1 is 1.28 bits per heavy atom. The summed E-state index contributed by atoms with van der Waals surface area (Å²) in [5, 5.41) is 3.14. The second-order valence-electron chi connectivity index (χ2n) is 5.07. The van der Waals surface area contributed by atoms with Crippen molar-refractivity contribution in [3.63, 3.8) is 0 Å². The van der Waals surface area contributed by atoms with Gasteiger partial charge in [0.2, 0.25) is 5.91 Å². The minimum absolute atomic E-state index is 0.0151. The Kier molecular flexibility index (Phi) is 4.37. The van der Waals surface area contributed by atoms with Gasteiger partial charge in [-0.25, -0.2) is 0 Å². The van der Waals surface area contributed by atoms with Gasteiger partial charge in [0.15, 0.2) is 0 Å². The van der Waals surface area contributed by atoms with Gasteiger partial charge in [-0.15, -0.1) is 0 Å². The fourth-order valence-corrected chi connectivity index (χ4v) is 2.60. The van der Waals surface area contributed by atoms with Gasteiger partial charge in [-0.3, -0.25) is 4.79 Å². The van der Waals surface area contributed by atoms with Crippen LogP contribution in [0.5, 0.6) is 0 Å². The monoisotopic (exact) mass is 246 g/mol. The average Bonchev–Trinajstić information content (AvgIpc) is 2.53. The van der Waals surface area contributed by atoms with Gasteiger partial charge in [-0.1, -0.05) is 30.3 Å². The molecule has 1 aliphatic rings. The van der Waals surface area contributed by atoms with Crippen molar-refractivity contribution in [3.8, 4) is 0 Å². The van der Waals surface area contributed by atoms with Crippen LogP contribution in [-0.4, -0.2) is 29.9 Å². The molecule has 18 heavy (non-hydrogen) atoms. The van der Waals surface area contributed by atoms with Crippen LogP contribution < -0.4 is 5.32 Å². The fourth-order valence-electron chi connectivity index (χ4n) is 2.60. The second-order valence-corrected chi connectivity index (χ2v) is 5.07. The van der Waals surface area contributed by atoms with E-state index in [0.717, 1.165) is 25.8 Å². The Bertz CT molecular complexity index is 391. The van der Waals surface area contributed by atoms with Gasteiger partial charge < -0.3 is 10.2 Å². The third-order valence-corrected chi connectivity index (χ3v) is 3.77. The van der Waals surface area contributed by atoms with Crippen molar-refractivity contribution < 1.29 is 4.79 Å². The maximum Gasteiger partial charge on any atom is 0.240 e. The van der Waals surface area contributed by atoms with Crippen LogP contribution in [0.2, 0.25) is 0 Å². The summed E-state index contributed by atoms with van der Waals surface area (Å²) >= 11 is 0. The van der Waals surface area contributed by atoms with Gasteiger partial charge in [-0.2, -0.15) is 0 Å². The molecule has 3 heteroatoms. The number of carbonyl (C=O) groups is 1. The average molecular weight is 246 g/mol. The van der Waals surface area contributed by atoms with Crippen LogP contribution in [-0.2, 0) is 11.3 Å². The van der Waals surface area contributed by atoms with Crippen molar-refractivity contribution in [2.45, 2.75) is 44.8 Å². The Labute approximate surface area is 109 Å². The van der Waals surface area contributed by atoms with Crippen molar-refractivity contribution in [2.75, 3.05) is 7.05 Å². The molecule has 0 bridgehead atoms. The van der Waals surface area contributed by atoms with Crippen LogP contribution in [0.25, 0.3) is 0 Å². The van der Waals surface area contributed by atoms with Crippen molar-refractivity contribution in [1.29, 1.82) is 0 Å². The zero-order chi connectivity index (χ0) is 13.0. The topological polar surface area (TPSA) is 32.3 Å². The molecule has 2 rings (SSSR count). The van der Waals surface area contributed by atoms with E-state index in [9.17, 15) is 4.79 Å². The van der Waals surface area contributed by atoms with Crippen LogP contribution in [0, 0.1) is 0 Å². The first-order valence-corrected chi connectivity index (χ1v) is 6.74. The molecular weight excluding hydrogens is 224 g/mol. The smallest absolute Gasteiger partial charge is 0.240 e. The molecule has 1 N–H and O–H groups in total. The molecule has 0 aliphatic carbocycles. The summed E-state index contributed by atoms with van der Waals surface area (Å²) in [6, 6.07) is 10.5. The largest absolute Gasteiger partial charge is 0.334 e. The predicted molar refractivity (Wildman–Crippen MR) is 73.2 cm³/mol. The van der Waals surface area contributed by atoms with E-state index in [1.54, 1.807) is 0 Å². The van der Waals surface area contributed by atoms with E-state index in [1.165, 1.54) is 5.56 Å². The van der Waals surface area contributed by atoms with Crippen LogP contribution in [0.3, 0.4) is 0 Å². The summed E-state index contributed by atoms with van der Waals surface area (Å²) in [6.07, 6.45) is 3.16. The summed E-state index contributed by atoms with van der Waals surface area (Å²) in [7, 11) is 1.87. The molecule has 2 atom stereocenters. The summed E-state index contributed by atoms with van der Waals surface area (Å²) in [5.74, 6) is 0.242. The van der Waals surface area contributed by atoms with Gasteiger partial charge >= 0.3 is 0 Å². The summed E-state index contributed by atoms with van der Waals surface area (Å²) in [6.45, 7) is 2.87. The number of hydrogen-bond donors (Lipinski definition) is 1. The number of nitrogens with one attached hydrogen (secondary N) is 1. The zero-order valence-electron chi connectivity index (χ0n) is 11.2. The second kappa shape index (κ2) is 6.01.